The molecule has 39 heavy (non-hydrogen) atoms. The molecule has 184 valence electrons. The monoisotopic (exact) mass is 501 g/mol. The van der Waals surface area contributed by atoms with Crippen LogP contribution in [-0.2, 0) is 5.41 Å². The smallest absolute Gasteiger partial charge is 0.135 e. The molecule has 0 fully saturated rings. The van der Waals surface area contributed by atoms with Gasteiger partial charge in [-0.2, -0.15) is 0 Å². The maximum atomic E-state index is 6.17. The van der Waals surface area contributed by atoms with Gasteiger partial charge in [-0.25, -0.2) is 9.97 Å². The highest BCUT2D eigenvalue weighted by atomic mass is 16.3. The zero-order valence-electron chi connectivity index (χ0n) is 21.6. The fourth-order valence-electron chi connectivity index (χ4n) is 6.94. The van der Waals surface area contributed by atoms with E-state index in [2.05, 4.69) is 107 Å². The zero-order valence-corrected chi connectivity index (χ0v) is 21.6. The SMILES string of the molecule is CC1(C)c2cc3ncncc3cc2-c2ccc3c4ccccc4n(-c4ccc5oc6ccccc6c5c4)c3c21. The lowest BCUT2D eigenvalue weighted by Crippen LogP contribution is -2.16. The number of para-hydroxylation sites is 2. The van der Waals surface area contributed by atoms with Crippen molar-refractivity contribution in [1.29, 1.82) is 0 Å². The van der Waals surface area contributed by atoms with Crippen molar-refractivity contribution in [2.75, 3.05) is 0 Å². The average molecular weight is 502 g/mol. The number of hydrogen-bond acceptors (Lipinski definition) is 3. The molecule has 0 atom stereocenters. The maximum absolute atomic E-state index is 6.17. The van der Waals surface area contributed by atoms with Gasteiger partial charge in [-0.05, 0) is 64.7 Å². The third-order valence-corrected chi connectivity index (χ3v) is 8.69. The number of benzene rings is 5. The molecule has 0 amide bonds. The molecule has 3 heterocycles. The number of rotatable bonds is 1. The molecule has 0 saturated heterocycles. The van der Waals surface area contributed by atoms with Gasteiger partial charge in [-0.1, -0.05) is 62.4 Å². The van der Waals surface area contributed by atoms with Crippen molar-refractivity contribution in [2.24, 2.45) is 0 Å². The largest absolute Gasteiger partial charge is 0.456 e. The fraction of sp³-hybridized carbons (Fsp3) is 0.0857. The molecular weight excluding hydrogens is 478 g/mol. The number of furan rings is 1. The van der Waals surface area contributed by atoms with Crippen LogP contribution in [0.4, 0.5) is 0 Å². The highest BCUT2D eigenvalue weighted by molar-refractivity contribution is 6.14. The van der Waals surface area contributed by atoms with Crippen molar-refractivity contribution in [3.05, 3.63) is 115 Å². The predicted octanol–water partition coefficient (Wildman–Crippen LogP) is 8.93. The Bertz CT molecular complexity index is 2320. The summed E-state index contributed by atoms with van der Waals surface area (Å²) in [6.07, 6.45) is 3.54. The van der Waals surface area contributed by atoms with Gasteiger partial charge in [0.25, 0.3) is 0 Å². The first kappa shape index (κ1) is 21.0. The van der Waals surface area contributed by atoms with Gasteiger partial charge in [0.15, 0.2) is 0 Å². The van der Waals surface area contributed by atoms with Crippen molar-refractivity contribution < 1.29 is 4.42 Å². The minimum absolute atomic E-state index is 0.206. The lowest BCUT2D eigenvalue weighted by atomic mass is 9.81. The van der Waals surface area contributed by atoms with Crippen LogP contribution < -0.4 is 0 Å². The normalized spacial score (nSPS) is 14.1. The standard InChI is InChI=1S/C35H23N3O/c1-35(2)28-17-29-20(18-36-19-37-29)15-26(28)24-12-13-25-22-7-3-5-9-30(22)38(34(25)33(24)35)21-11-14-32-27(16-21)23-8-4-6-10-31(23)39-32/h3-19H,1-2H3. The summed E-state index contributed by atoms with van der Waals surface area (Å²) in [6, 6.07) is 32.7. The van der Waals surface area contributed by atoms with Crippen LogP contribution in [0.15, 0.2) is 108 Å². The second kappa shape index (κ2) is 7.12. The van der Waals surface area contributed by atoms with Crippen LogP contribution in [0.25, 0.3) is 71.5 Å². The zero-order chi connectivity index (χ0) is 25.9. The number of hydrogen-bond donors (Lipinski definition) is 0. The van der Waals surface area contributed by atoms with E-state index in [4.69, 9.17) is 4.42 Å². The Morgan fingerprint density at radius 3 is 2.46 bits per heavy atom. The summed E-state index contributed by atoms with van der Waals surface area (Å²) in [4.78, 5) is 8.86. The lowest BCUT2D eigenvalue weighted by molar-refractivity contribution is 0.664. The van der Waals surface area contributed by atoms with Crippen LogP contribution in [0.5, 0.6) is 0 Å². The van der Waals surface area contributed by atoms with Gasteiger partial charge < -0.3 is 8.98 Å². The number of nitrogens with zero attached hydrogens (tertiary/aromatic N) is 3. The highest BCUT2D eigenvalue weighted by Crippen LogP contribution is 2.53. The Balaban J connectivity index is 1.43. The highest BCUT2D eigenvalue weighted by Gasteiger charge is 2.39. The van der Waals surface area contributed by atoms with E-state index >= 15 is 0 Å². The van der Waals surface area contributed by atoms with Crippen molar-refractivity contribution in [2.45, 2.75) is 19.3 Å². The second-order valence-corrected chi connectivity index (χ2v) is 11.1. The summed E-state index contributed by atoms with van der Waals surface area (Å²) in [7, 11) is 0. The Kier molecular flexibility index (Phi) is 3.84. The lowest BCUT2D eigenvalue weighted by Gasteiger charge is -2.24. The van der Waals surface area contributed by atoms with Gasteiger partial charge in [0.2, 0.25) is 0 Å². The van der Waals surface area contributed by atoms with Crippen molar-refractivity contribution in [3.63, 3.8) is 0 Å². The van der Waals surface area contributed by atoms with Crippen LogP contribution in [0, 0.1) is 0 Å². The van der Waals surface area contributed by atoms with Crippen LogP contribution in [0.2, 0.25) is 0 Å². The predicted molar refractivity (Wildman–Crippen MR) is 159 cm³/mol. The van der Waals surface area contributed by atoms with Gasteiger partial charge in [-0.3, -0.25) is 0 Å². The summed E-state index contributed by atoms with van der Waals surface area (Å²) < 4.78 is 8.62. The Morgan fingerprint density at radius 2 is 1.54 bits per heavy atom. The van der Waals surface area contributed by atoms with E-state index in [-0.39, 0.29) is 5.41 Å². The molecule has 5 aromatic carbocycles. The summed E-state index contributed by atoms with van der Waals surface area (Å²) >= 11 is 0. The van der Waals surface area contributed by atoms with Crippen LogP contribution in [0.3, 0.4) is 0 Å². The molecule has 8 aromatic rings. The van der Waals surface area contributed by atoms with Crippen molar-refractivity contribution in [1.82, 2.24) is 14.5 Å². The molecule has 0 spiro atoms. The molecule has 1 aliphatic carbocycles. The first-order valence-electron chi connectivity index (χ1n) is 13.3. The molecule has 0 radical (unpaired) electrons. The Morgan fingerprint density at radius 1 is 0.718 bits per heavy atom. The van der Waals surface area contributed by atoms with E-state index in [0.717, 1.165) is 38.5 Å². The molecule has 0 N–H and O–H groups in total. The molecule has 9 rings (SSSR count). The summed E-state index contributed by atoms with van der Waals surface area (Å²) in [5.74, 6) is 0. The van der Waals surface area contributed by atoms with E-state index < -0.39 is 0 Å². The molecule has 0 unspecified atom stereocenters. The van der Waals surface area contributed by atoms with Crippen molar-refractivity contribution in [3.8, 4) is 16.8 Å². The van der Waals surface area contributed by atoms with Gasteiger partial charge >= 0.3 is 0 Å². The molecule has 0 aliphatic heterocycles. The molecule has 3 aromatic heterocycles. The molecule has 4 heteroatoms. The van der Waals surface area contributed by atoms with E-state index in [0.29, 0.717) is 0 Å². The average Bonchev–Trinajstić information content (AvgIpc) is 3.57. The summed E-state index contributed by atoms with van der Waals surface area (Å²) in [5.41, 5.74) is 11.4. The van der Waals surface area contributed by atoms with Gasteiger partial charge in [-0.15, -0.1) is 0 Å². The number of fused-ring (bicyclic) bond motifs is 11. The molecule has 0 saturated carbocycles. The quantitative estimate of drug-likeness (QED) is 0.225. The van der Waals surface area contributed by atoms with Crippen LogP contribution in [-0.4, -0.2) is 14.5 Å². The van der Waals surface area contributed by atoms with Gasteiger partial charge in [0.05, 0.1) is 16.6 Å². The van der Waals surface area contributed by atoms with E-state index in [1.165, 1.54) is 44.1 Å². The second-order valence-electron chi connectivity index (χ2n) is 11.1. The first-order valence-corrected chi connectivity index (χ1v) is 13.3. The molecule has 0 bridgehead atoms. The van der Waals surface area contributed by atoms with E-state index in [1.54, 1.807) is 6.33 Å². The molecule has 1 aliphatic rings. The summed E-state index contributed by atoms with van der Waals surface area (Å²) in [5, 5.41) is 5.87. The molecular formula is C35H23N3O. The van der Waals surface area contributed by atoms with E-state index in [1.807, 2.05) is 18.3 Å². The minimum atomic E-state index is -0.206. The van der Waals surface area contributed by atoms with Crippen molar-refractivity contribution >= 4 is 54.6 Å². The maximum Gasteiger partial charge on any atom is 0.135 e. The van der Waals surface area contributed by atoms with Crippen LogP contribution in [0.1, 0.15) is 25.0 Å². The minimum Gasteiger partial charge on any atom is -0.456 e. The third-order valence-electron chi connectivity index (χ3n) is 8.69. The topological polar surface area (TPSA) is 43.9 Å². The molecule has 4 nitrogen and oxygen atoms in total. The van der Waals surface area contributed by atoms with E-state index in [9.17, 15) is 0 Å². The Hall–Kier alpha value is -4.96. The third kappa shape index (κ3) is 2.63. The van der Waals surface area contributed by atoms with Gasteiger partial charge in [0, 0.05) is 44.2 Å². The number of aromatic nitrogens is 3. The first-order chi connectivity index (χ1) is 19.1. The van der Waals surface area contributed by atoms with Gasteiger partial charge in [0.1, 0.15) is 17.5 Å². The fourth-order valence-corrected chi connectivity index (χ4v) is 6.94. The summed E-state index contributed by atoms with van der Waals surface area (Å²) in [6.45, 7) is 4.69. The Labute approximate surface area is 224 Å². The van der Waals surface area contributed by atoms with Crippen LogP contribution >= 0.6 is 0 Å².